The van der Waals surface area contributed by atoms with Gasteiger partial charge in [0.25, 0.3) is 0 Å². The number of fused-ring (bicyclic) bond motifs is 1. The molecule has 0 spiro atoms. The summed E-state index contributed by atoms with van der Waals surface area (Å²) in [6.07, 6.45) is 4.81. The van der Waals surface area contributed by atoms with Gasteiger partial charge < -0.3 is 9.67 Å². The molecule has 2 N–H and O–H groups in total. The first kappa shape index (κ1) is 19.9. The third-order valence-electron chi connectivity index (χ3n) is 4.93. The summed E-state index contributed by atoms with van der Waals surface area (Å²) in [6.45, 7) is 2.84. The van der Waals surface area contributed by atoms with Gasteiger partial charge in [0.1, 0.15) is 11.8 Å². The van der Waals surface area contributed by atoms with Crippen molar-refractivity contribution in [1.82, 2.24) is 19.5 Å². The van der Waals surface area contributed by atoms with Crippen LogP contribution in [0.1, 0.15) is 16.7 Å². The van der Waals surface area contributed by atoms with E-state index >= 15 is 0 Å². The number of imidazole rings is 1. The highest BCUT2D eigenvalue weighted by atomic mass is 32.2. The highest BCUT2D eigenvalue weighted by Gasteiger charge is 2.10. The van der Waals surface area contributed by atoms with E-state index in [-0.39, 0.29) is 0 Å². The van der Waals surface area contributed by atoms with Gasteiger partial charge in [-0.05, 0) is 42.2 Å². The smallest absolute Gasteiger partial charge is 0.409 e. The first-order chi connectivity index (χ1) is 14.6. The second-order valence-electron chi connectivity index (χ2n) is 6.83. The fraction of sp³-hybridized carbons (Fsp3) is 0.182. The molecule has 2 aromatic carbocycles. The zero-order valence-electron chi connectivity index (χ0n) is 16.4. The van der Waals surface area contributed by atoms with Crippen LogP contribution in [-0.4, -0.2) is 36.5 Å². The molecule has 0 aliphatic heterocycles. The molecule has 0 aliphatic rings. The molecule has 152 valence electrons. The quantitative estimate of drug-likeness (QED) is 0.425. The summed E-state index contributed by atoms with van der Waals surface area (Å²) < 4.78 is 2.06. The highest BCUT2D eigenvalue weighted by Crippen LogP contribution is 2.27. The van der Waals surface area contributed by atoms with Gasteiger partial charge in [-0.2, -0.15) is 0 Å². The number of benzene rings is 2. The van der Waals surface area contributed by atoms with Gasteiger partial charge in [-0.1, -0.05) is 30.3 Å². The summed E-state index contributed by atoms with van der Waals surface area (Å²) in [5.41, 5.74) is 5.70. The minimum atomic E-state index is -1.05. The fourth-order valence-electron chi connectivity index (χ4n) is 3.35. The van der Waals surface area contributed by atoms with E-state index in [0.29, 0.717) is 17.9 Å². The molecule has 0 saturated heterocycles. The predicted octanol–water partition coefficient (Wildman–Crippen LogP) is 4.61. The van der Waals surface area contributed by atoms with Crippen molar-refractivity contribution in [2.75, 3.05) is 11.1 Å². The maximum absolute atomic E-state index is 11.0. The zero-order valence-corrected chi connectivity index (χ0v) is 17.3. The second kappa shape index (κ2) is 8.96. The summed E-state index contributed by atoms with van der Waals surface area (Å²) in [6, 6.07) is 13.8. The van der Waals surface area contributed by atoms with E-state index in [9.17, 15) is 4.79 Å². The van der Waals surface area contributed by atoms with Crippen LogP contribution in [0.3, 0.4) is 0 Å². The molecule has 8 heteroatoms. The maximum atomic E-state index is 11.0. The van der Waals surface area contributed by atoms with Crippen LogP contribution in [0.15, 0.2) is 66.2 Å². The van der Waals surface area contributed by atoms with Gasteiger partial charge >= 0.3 is 6.09 Å². The van der Waals surface area contributed by atoms with E-state index in [0.717, 1.165) is 23.3 Å². The number of hydrogen-bond donors (Lipinski definition) is 2. The fourth-order valence-corrected chi connectivity index (χ4v) is 4.41. The van der Waals surface area contributed by atoms with E-state index in [2.05, 4.69) is 50.0 Å². The molecule has 7 nitrogen and oxygen atoms in total. The lowest BCUT2D eigenvalue weighted by Crippen LogP contribution is -2.09. The molecule has 4 aromatic rings. The van der Waals surface area contributed by atoms with E-state index in [4.69, 9.17) is 5.11 Å². The molecule has 0 fully saturated rings. The highest BCUT2D eigenvalue weighted by molar-refractivity contribution is 7.99. The number of aryl methyl sites for hydroxylation is 1. The number of hydrogen-bond acceptors (Lipinski definition) is 5. The molecule has 2 heterocycles. The van der Waals surface area contributed by atoms with Crippen LogP contribution in [0.2, 0.25) is 0 Å². The molecular formula is C22H21N5O2S. The van der Waals surface area contributed by atoms with Gasteiger partial charge in [-0.25, -0.2) is 19.7 Å². The number of nitrogens with one attached hydrogen (secondary N) is 1. The Morgan fingerprint density at radius 3 is 2.83 bits per heavy atom. The zero-order chi connectivity index (χ0) is 20.9. The Morgan fingerprint density at radius 1 is 1.13 bits per heavy atom. The number of carboxylic acid groups (broad SMARTS) is 1. The lowest BCUT2D eigenvalue weighted by molar-refractivity contribution is 0.209. The van der Waals surface area contributed by atoms with Crippen molar-refractivity contribution in [2.24, 2.45) is 0 Å². The minimum absolute atomic E-state index is 0.644. The summed E-state index contributed by atoms with van der Waals surface area (Å²) in [4.78, 5) is 24.8. The third kappa shape index (κ3) is 4.44. The standard InChI is InChI=1S/C22H21N5O2S/c1-15-17(12-27-14-25-21-19(27)11-23-13-24-21)6-4-8-20(15)30-10-9-16-5-2-3-7-18(16)26-22(28)29/h2-8,11,13-14,26H,9-10,12H2,1H3,(H,28,29). The summed E-state index contributed by atoms with van der Waals surface area (Å²) in [5, 5.41) is 11.5. The van der Waals surface area contributed by atoms with Crippen molar-refractivity contribution >= 4 is 34.7 Å². The molecular weight excluding hydrogens is 398 g/mol. The van der Waals surface area contributed by atoms with Gasteiger partial charge in [0.15, 0.2) is 5.65 Å². The number of carbonyl (C=O) groups is 1. The lowest BCUT2D eigenvalue weighted by atomic mass is 10.1. The monoisotopic (exact) mass is 419 g/mol. The Kier molecular flexibility index (Phi) is 5.94. The summed E-state index contributed by atoms with van der Waals surface area (Å²) >= 11 is 1.78. The van der Waals surface area contributed by atoms with E-state index in [1.54, 1.807) is 30.4 Å². The van der Waals surface area contributed by atoms with Gasteiger partial charge in [0.2, 0.25) is 0 Å². The number of amides is 1. The largest absolute Gasteiger partial charge is 0.465 e. The Morgan fingerprint density at radius 2 is 1.97 bits per heavy atom. The van der Waals surface area contributed by atoms with E-state index in [1.165, 1.54) is 22.3 Å². The maximum Gasteiger partial charge on any atom is 0.409 e. The molecule has 0 atom stereocenters. The van der Waals surface area contributed by atoms with Crippen molar-refractivity contribution in [3.8, 4) is 0 Å². The number of rotatable bonds is 7. The number of nitrogens with zero attached hydrogens (tertiary/aromatic N) is 4. The second-order valence-corrected chi connectivity index (χ2v) is 7.97. The molecule has 0 bridgehead atoms. The van der Waals surface area contributed by atoms with Crippen LogP contribution >= 0.6 is 11.8 Å². The Hall–Kier alpha value is -3.39. The Bertz CT molecular complexity index is 1190. The molecule has 0 radical (unpaired) electrons. The molecule has 4 rings (SSSR count). The topological polar surface area (TPSA) is 92.9 Å². The average Bonchev–Trinajstić information content (AvgIpc) is 3.14. The van der Waals surface area contributed by atoms with Crippen LogP contribution in [0.25, 0.3) is 11.2 Å². The number of aromatic nitrogens is 4. The van der Waals surface area contributed by atoms with Gasteiger partial charge in [0, 0.05) is 22.9 Å². The van der Waals surface area contributed by atoms with Crippen LogP contribution in [0, 0.1) is 6.92 Å². The lowest BCUT2D eigenvalue weighted by Gasteiger charge is -2.13. The summed E-state index contributed by atoms with van der Waals surface area (Å²) in [5.74, 6) is 0.852. The molecule has 30 heavy (non-hydrogen) atoms. The third-order valence-corrected chi connectivity index (χ3v) is 6.09. The Labute approximate surface area is 178 Å². The number of para-hydroxylation sites is 1. The SMILES string of the molecule is Cc1c(Cn2cnc3ncncc32)cccc1SCCc1ccccc1NC(=O)O. The van der Waals surface area contributed by atoms with E-state index in [1.807, 2.05) is 18.2 Å². The van der Waals surface area contributed by atoms with Gasteiger partial charge in [-0.15, -0.1) is 11.8 Å². The normalized spacial score (nSPS) is 11.0. The molecule has 2 aromatic heterocycles. The molecule has 0 unspecified atom stereocenters. The first-order valence-corrected chi connectivity index (χ1v) is 10.5. The van der Waals surface area contributed by atoms with Crippen molar-refractivity contribution in [2.45, 2.75) is 24.8 Å². The van der Waals surface area contributed by atoms with Gasteiger partial charge in [-0.3, -0.25) is 5.32 Å². The van der Waals surface area contributed by atoms with Crippen molar-refractivity contribution < 1.29 is 9.90 Å². The Balaban J connectivity index is 1.46. The summed E-state index contributed by atoms with van der Waals surface area (Å²) in [7, 11) is 0. The van der Waals surface area contributed by atoms with Crippen molar-refractivity contribution in [3.63, 3.8) is 0 Å². The minimum Gasteiger partial charge on any atom is -0.465 e. The van der Waals surface area contributed by atoms with Crippen LogP contribution in [0.5, 0.6) is 0 Å². The molecule has 0 saturated carbocycles. The average molecular weight is 420 g/mol. The van der Waals surface area contributed by atoms with Crippen molar-refractivity contribution in [3.05, 3.63) is 78.0 Å². The molecule has 0 aliphatic carbocycles. The number of anilines is 1. The van der Waals surface area contributed by atoms with E-state index < -0.39 is 6.09 Å². The van der Waals surface area contributed by atoms with Crippen LogP contribution < -0.4 is 5.32 Å². The van der Waals surface area contributed by atoms with Gasteiger partial charge in [0.05, 0.1) is 12.5 Å². The van der Waals surface area contributed by atoms with Crippen LogP contribution in [-0.2, 0) is 13.0 Å². The first-order valence-electron chi connectivity index (χ1n) is 9.52. The van der Waals surface area contributed by atoms with Crippen LogP contribution in [0.4, 0.5) is 10.5 Å². The predicted molar refractivity (Wildman–Crippen MR) is 118 cm³/mol. The number of thioether (sulfide) groups is 1. The van der Waals surface area contributed by atoms with Crippen molar-refractivity contribution in [1.29, 1.82) is 0 Å². The molecule has 1 amide bonds.